The van der Waals surface area contributed by atoms with Gasteiger partial charge in [0, 0.05) is 10.6 Å². The van der Waals surface area contributed by atoms with Gasteiger partial charge >= 0.3 is 0 Å². The molecule has 2 nitrogen and oxygen atoms in total. The van der Waals surface area contributed by atoms with Gasteiger partial charge in [0.05, 0.1) is 11.1 Å². The zero-order valence-electron chi connectivity index (χ0n) is 10.7. The van der Waals surface area contributed by atoms with Crippen molar-refractivity contribution in [2.75, 3.05) is 0 Å². The van der Waals surface area contributed by atoms with E-state index in [1.54, 1.807) is 25.1 Å². The molecule has 2 rings (SSSR count). The van der Waals surface area contributed by atoms with Gasteiger partial charge in [0.15, 0.2) is 0 Å². The molecule has 0 heterocycles. The highest BCUT2D eigenvalue weighted by Crippen LogP contribution is 2.29. The molecule has 0 aromatic heterocycles. The van der Waals surface area contributed by atoms with Gasteiger partial charge in [-0.3, -0.25) is 0 Å². The van der Waals surface area contributed by atoms with Gasteiger partial charge in [-0.15, -0.1) is 0 Å². The molecule has 2 aromatic carbocycles. The summed E-state index contributed by atoms with van der Waals surface area (Å²) in [6.45, 7) is 1.67. The van der Waals surface area contributed by atoms with Crippen molar-refractivity contribution in [3.05, 3.63) is 63.4 Å². The van der Waals surface area contributed by atoms with E-state index in [0.717, 1.165) is 0 Å². The Morgan fingerprint density at radius 1 is 1.20 bits per heavy atom. The highest BCUT2D eigenvalue weighted by molar-refractivity contribution is 6.32. The van der Waals surface area contributed by atoms with Crippen LogP contribution < -0.4 is 4.74 Å². The first-order valence-electron chi connectivity index (χ1n) is 6.01. The van der Waals surface area contributed by atoms with Crippen molar-refractivity contribution in [1.82, 2.24) is 0 Å². The fourth-order valence-corrected chi connectivity index (χ4v) is 2.14. The summed E-state index contributed by atoms with van der Waals surface area (Å²) in [5.41, 5.74) is 1.05. The molecule has 106 valence electrons. The van der Waals surface area contributed by atoms with Crippen LogP contribution in [0.3, 0.4) is 0 Å². The van der Waals surface area contributed by atoms with E-state index in [1.807, 2.05) is 0 Å². The van der Waals surface area contributed by atoms with E-state index in [4.69, 9.17) is 27.9 Å². The Balaban J connectivity index is 2.13. The van der Waals surface area contributed by atoms with Crippen molar-refractivity contribution < 1.29 is 14.2 Å². The smallest absolute Gasteiger partial charge is 0.138 e. The molecule has 0 aliphatic heterocycles. The lowest BCUT2D eigenvalue weighted by Gasteiger charge is -2.11. The summed E-state index contributed by atoms with van der Waals surface area (Å²) >= 11 is 11.9. The summed E-state index contributed by atoms with van der Waals surface area (Å²) < 4.78 is 19.0. The van der Waals surface area contributed by atoms with Gasteiger partial charge in [0.1, 0.15) is 18.2 Å². The molecule has 0 fully saturated rings. The number of aliphatic hydroxyl groups excluding tert-OH is 1. The van der Waals surface area contributed by atoms with Crippen LogP contribution in [0.15, 0.2) is 36.4 Å². The molecule has 0 bridgehead atoms. The van der Waals surface area contributed by atoms with Crippen molar-refractivity contribution >= 4 is 23.2 Å². The lowest BCUT2D eigenvalue weighted by atomic mass is 10.1. The van der Waals surface area contributed by atoms with Gasteiger partial charge in [-0.2, -0.15) is 0 Å². The van der Waals surface area contributed by atoms with Crippen molar-refractivity contribution in [2.45, 2.75) is 19.6 Å². The fourth-order valence-electron chi connectivity index (χ4n) is 1.70. The zero-order valence-corrected chi connectivity index (χ0v) is 12.2. The van der Waals surface area contributed by atoms with Crippen LogP contribution in [-0.2, 0) is 6.61 Å². The lowest BCUT2D eigenvalue weighted by molar-refractivity contribution is 0.199. The summed E-state index contributed by atoms with van der Waals surface area (Å²) in [5.74, 6) is 0.0431. The molecule has 0 saturated heterocycles. The highest BCUT2D eigenvalue weighted by Gasteiger charge is 2.09. The quantitative estimate of drug-likeness (QED) is 0.881. The van der Waals surface area contributed by atoms with Crippen molar-refractivity contribution in [1.29, 1.82) is 0 Å². The third kappa shape index (κ3) is 3.63. The van der Waals surface area contributed by atoms with Gasteiger partial charge in [-0.05, 0) is 42.8 Å². The molecule has 2 aromatic rings. The number of ether oxygens (including phenoxy) is 1. The second-order valence-electron chi connectivity index (χ2n) is 4.39. The largest absolute Gasteiger partial charge is 0.487 e. The standard InChI is InChI=1S/C15H13Cl2FO2/c1-9(19)10-2-5-15(13(17)7-10)20-8-11-6-12(16)3-4-14(11)18/h2-7,9,19H,8H2,1H3/t9-/m1/s1. The second kappa shape index (κ2) is 6.44. The first-order valence-corrected chi connectivity index (χ1v) is 6.77. The van der Waals surface area contributed by atoms with Crippen molar-refractivity contribution in [3.63, 3.8) is 0 Å². The normalized spacial score (nSPS) is 12.2. The molecule has 0 saturated carbocycles. The van der Waals surface area contributed by atoms with E-state index in [-0.39, 0.29) is 12.4 Å². The SMILES string of the molecule is C[C@@H](O)c1ccc(OCc2cc(Cl)ccc2F)c(Cl)c1. The number of hydrogen-bond acceptors (Lipinski definition) is 2. The maximum Gasteiger partial charge on any atom is 0.138 e. The van der Waals surface area contributed by atoms with E-state index >= 15 is 0 Å². The molecule has 0 aliphatic rings. The average molecular weight is 315 g/mol. The van der Waals surface area contributed by atoms with Crippen LogP contribution in [0, 0.1) is 5.82 Å². The number of hydrogen-bond donors (Lipinski definition) is 1. The number of rotatable bonds is 4. The molecule has 0 aliphatic carbocycles. The predicted molar refractivity (Wildman–Crippen MR) is 77.8 cm³/mol. The molecular weight excluding hydrogens is 302 g/mol. The van der Waals surface area contributed by atoms with Crippen LogP contribution >= 0.6 is 23.2 Å². The minimum Gasteiger partial charge on any atom is -0.487 e. The van der Waals surface area contributed by atoms with Crippen LogP contribution in [0.1, 0.15) is 24.2 Å². The third-order valence-corrected chi connectivity index (χ3v) is 3.36. The summed E-state index contributed by atoms with van der Waals surface area (Å²) in [4.78, 5) is 0. The molecule has 0 amide bonds. The monoisotopic (exact) mass is 314 g/mol. The summed E-state index contributed by atoms with van der Waals surface area (Å²) in [6.07, 6.45) is -0.605. The Morgan fingerprint density at radius 2 is 1.95 bits per heavy atom. The fraction of sp³-hybridized carbons (Fsp3) is 0.200. The van der Waals surface area contributed by atoms with Crippen LogP contribution in [0.5, 0.6) is 5.75 Å². The van der Waals surface area contributed by atoms with Gasteiger partial charge < -0.3 is 9.84 Å². The second-order valence-corrected chi connectivity index (χ2v) is 5.23. The van der Waals surface area contributed by atoms with Gasteiger partial charge in [-0.1, -0.05) is 29.3 Å². The van der Waals surface area contributed by atoms with E-state index in [0.29, 0.717) is 26.9 Å². The number of halogens is 3. The van der Waals surface area contributed by atoms with Crippen LogP contribution in [-0.4, -0.2) is 5.11 Å². The first-order chi connectivity index (χ1) is 9.47. The van der Waals surface area contributed by atoms with Gasteiger partial charge in [-0.25, -0.2) is 4.39 Å². The van der Waals surface area contributed by atoms with Crippen LogP contribution in [0.2, 0.25) is 10.0 Å². The van der Waals surface area contributed by atoms with Crippen LogP contribution in [0.25, 0.3) is 0 Å². The van der Waals surface area contributed by atoms with E-state index < -0.39 is 6.10 Å². The van der Waals surface area contributed by atoms with Crippen LogP contribution in [0.4, 0.5) is 4.39 Å². The summed E-state index contributed by atoms with van der Waals surface area (Å²) in [7, 11) is 0. The van der Waals surface area contributed by atoms with E-state index in [1.165, 1.54) is 18.2 Å². The number of aliphatic hydroxyl groups is 1. The Labute approximate surface area is 126 Å². The first kappa shape index (κ1) is 15.1. The predicted octanol–water partition coefficient (Wildman–Crippen LogP) is 4.76. The lowest BCUT2D eigenvalue weighted by Crippen LogP contribution is -2.00. The average Bonchev–Trinajstić information content (AvgIpc) is 2.40. The molecule has 5 heteroatoms. The molecule has 1 N–H and O–H groups in total. The molecule has 0 spiro atoms. The highest BCUT2D eigenvalue weighted by atomic mass is 35.5. The molecule has 1 atom stereocenters. The Hall–Kier alpha value is -1.29. The molecule has 0 radical (unpaired) electrons. The summed E-state index contributed by atoms with van der Waals surface area (Å²) in [5, 5.41) is 10.3. The minimum atomic E-state index is -0.605. The maximum atomic E-state index is 13.5. The summed E-state index contributed by atoms with van der Waals surface area (Å²) in [6, 6.07) is 9.25. The Bertz CT molecular complexity index is 615. The van der Waals surface area contributed by atoms with Gasteiger partial charge in [0.25, 0.3) is 0 Å². The van der Waals surface area contributed by atoms with E-state index in [9.17, 15) is 9.50 Å². The van der Waals surface area contributed by atoms with Crippen molar-refractivity contribution in [3.8, 4) is 5.75 Å². The Morgan fingerprint density at radius 3 is 2.60 bits per heavy atom. The molecule has 0 unspecified atom stereocenters. The number of benzene rings is 2. The third-order valence-electron chi connectivity index (χ3n) is 2.83. The van der Waals surface area contributed by atoms with Gasteiger partial charge in [0.2, 0.25) is 0 Å². The van der Waals surface area contributed by atoms with E-state index in [2.05, 4.69) is 0 Å². The molecule has 20 heavy (non-hydrogen) atoms. The minimum absolute atomic E-state index is 0.0279. The molecular formula is C15H13Cl2FO2. The Kier molecular flexibility index (Phi) is 4.86. The zero-order chi connectivity index (χ0) is 14.7. The van der Waals surface area contributed by atoms with Crippen molar-refractivity contribution in [2.24, 2.45) is 0 Å². The topological polar surface area (TPSA) is 29.5 Å². The maximum absolute atomic E-state index is 13.5.